The summed E-state index contributed by atoms with van der Waals surface area (Å²) >= 11 is 0. The zero-order valence-electron chi connectivity index (χ0n) is 21.5. The number of nitrogens with one attached hydrogen (secondary N) is 1. The van der Waals surface area contributed by atoms with E-state index in [0.717, 1.165) is 12.8 Å². The van der Waals surface area contributed by atoms with Crippen LogP contribution >= 0.6 is 0 Å². The first kappa shape index (κ1) is 32.1. The molecule has 0 rings (SSSR count). The van der Waals surface area contributed by atoms with E-state index in [1.165, 1.54) is 128 Å². The van der Waals surface area contributed by atoms with Gasteiger partial charge in [0, 0.05) is 6.54 Å². The second-order valence-corrected chi connectivity index (χ2v) is 11.1. The molecule has 1 amide bonds. The second kappa shape index (κ2) is 24.3. The number of hydrogen-bond acceptors (Lipinski definition) is 3. The van der Waals surface area contributed by atoms with Crippen LogP contribution in [0.4, 0.5) is 0 Å². The highest BCUT2D eigenvalue weighted by Crippen LogP contribution is 2.15. The molecule has 6 heteroatoms. The number of carbonyl (C=O) groups is 1. The molecule has 0 saturated carbocycles. The predicted molar refractivity (Wildman–Crippen MR) is 141 cm³/mol. The van der Waals surface area contributed by atoms with E-state index in [-0.39, 0.29) is 12.5 Å². The minimum Gasteiger partial charge on any atom is -0.351 e. The van der Waals surface area contributed by atoms with Gasteiger partial charge in [-0.1, -0.05) is 135 Å². The van der Waals surface area contributed by atoms with E-state index in [0.29, 0.717) is 0 Å². The molecule has 0 saturated heterocycles. The third kappa shape index (κ3) is 29.1. The van der Waals surface area contributed by atoms with Crippen LogP contribution in [0.3, 0.4) is 0 Å². The van der Waals surface area contributed by atoms with Crippen molar-refractivity contribution < 1.29 is 17.8 Å². The average Bonchev–Trinajstić information content (AvgIpc) is 2.76. The van der Waals surface area contributed by atoms with Crippen molar-refractivity contribution in [2.45, 2.75) is 142 Å². The van der Waals surface area contributed by atoms with Crippen LogP contribution in [0.15, 0.2) is 12.2 Å². The molecule has 0 fully saturated rings. The topological polar surface area (TPSA) is 83.5 Å². The highest BCUT2D eigenvalue weighted by Gasteiger charge is 2.04. The summed E-state index contributed by atoms with van der Waals surface area (Å²) in [5.41, 5.74) is 0. The summed E-state index contributed by atoms with van der Waals surface area (Å²) in [7, 11) is -4.02. The van der Waals surface area contributed by atoms with Gasteiger partial charge in [-0.05, 0) is 18.9 Å². The Morgan fingerprint density at radius 2 is 1.03 bits per heavy atom. The lowest BCUT2D eigenvalue weighted by Crippen LogP contribution is -2.27. The van der Waals surface area contributed by atoms with Crippen LogP contribution in [-0.4, -0.2) is 31.2 Å². The Kier molecular flexibility index (Phi) is 23.6. The monoisotopic (exact) mass is 487 g/mol. The highest BCUT2D eigenvalue weighted by atomic mass is 32.2. The Morgan fingerprint density at radius 3 is 1.39 bits per heavy atom. The number of allylic oxidation sites excluding steroid dienone is 1. The maximum atomic E-state index is 11.5. The van der Waals surface area contributed by atoms with E-state index in [2.05, 4.69) is 12.2 Å². The summed E-state index contributed by atoms with van der Waals surface area (Å²) in [6.07, 6.45) is 31.5. The summed E-state index contributed by atoms with van der Waals surface area (Å²) in [5.74, 6) is -0.766. The van der Waals surface area contributed by atoms with Crippen molar-refractivity contribution >= 4 is 16.0 Å². The van der Waals surface area contributed by atoms with E-state index in [1.807, 2.05) is 6.08 Å². The van der Waals surface area contributed by atoms with Crippen molar-refractivity contribution in [3.05, 3.63) is 12.2 Å². The van der Waals surface area contributed by atoms with Crippen molar-refractivity contribution in [2.75, 3.05) is 12.3 Å². The quantitative estimate of drug-likeness (QED) is 0.0783. The van der Waals surface area contributed by atoms with Crippen molar-refractivity contribution in [2.24, 2.45) is 0 Å². The smallest absolute Gasteiger partial charge is 0.266 e. The van der Waals surface area contributed by atoms with Crippen LogP contribution in [0.25, 0.3) is 0 Å². The Labute approximate surface area is 205 Å². The molecule has 0 aliphatic rings. The van der Waals surface area contributed by atoms with Gasteiger partial charge in [-0.15, -0.1) is 0 Å². The van der Waals surface area contributed by atoms with Gasteiger partial charge in [-0.2, -0.15) is 8.42 Å². The Hall–Kier alpha value is -0.880. The molecule has 0 radical (unpaired) electrons. The van der Waals surface area contributed by atoms with E-state index in [4.69, 9.17) is 4.55 Å². The molecule has 0 unspecified atom stereocenters. The minimum absolute atomic E-state index is 0.0681. The maximum absolute atomic E-state index is 11.5. The van der Waals surface area contributed by atoms with Crippen LogP contribution in [-0.2, 0) is 14.9 Å². The molecule has 196 valence electrons. The molecule has 0 heterocycles. The minimum atomic E-state index is -4.02. The van der Waals surface area contributed by atoms with Crippen molar-refractivity contribution in [3.8, 4) is 0 Å². The summed E-state index contributed by atoms with van der Waals surface area (Å²) in [6.45, 7) is 2.21. The number of hydrogen-bond donors (Lipinski definition) is 2. The molecule has 0 atom stereocenters. The summed E-state index contributed by atoms with van der Waals surface area (Å²) in [4.78, 5) is 11.5. The molecule has 33 heavy (non-hydrogen) atoms. The third-order valence-electron chi connectivity index (χ3n) is 6.15. The Balaban J connectivity index is 3.20. The molecule has 5 nitrogen and oxygen atoms in total. The summed E-state index contributed by atoms with van der Waals surface area (Å²) in [6, 6.07) is 0. The van der Waals surface area contributed by atoms with Crippen LogP contribution < -0.4 is 5.32 Å². The second-order valence-electron chi connectivity index (χ2n) is 9.49. The zero-order valence-corrected chi connectivity index (χ0v) is 22.3. The lowest BCUT2D eigenvalue weighted by atomic mass is 10.0. The fourth-order valence-corrected chi connectivity index (χ4v) is 4.43. The Bertz CT molecular complexity index is 560. The molecule has 0 bridgehead atoms. The van der Waals surface area contributed by atoms with Gasteiger partial charge in [0.15, 0.2) is 0 Å². The van der Waals surface area contributed by atoms with Gasteiger partial charge in [-0.3, -0.25) is 9.35 Å². The first-order chi connectivity index (χ1) is 16.0. The fourth-order valence-electron chi connectivity index (χ4n) is 4.07. The highest BCUT2D eigenvalue weighted by molar-refractivity contribution is 7.85. The molecular formula is C27H53NO4S. The van der Waals surface area contributed by atoms with E-state index >= 15 is 0 Å². The van der Waals surface area contributed by atoms with Gasteiger partial charge < -0.3 is 5.32 Å². The number of rotatable bonds is 25. The van der Waals surface area contributed by atoms with Crippen molar-refractivity contribution in [1.82, 2.24) is 5.32 Å². The van der Waals surface area contributed by atoms with E-state index in [9.17, 15) is 13.2 Å². The molecule has 0 spiro atoms. The third-order valence-corrected chi connectivity index (χ3v) is 6.87. The SMILES string of the molecule is CCCCCCCCCCCCCCCCCCCCCCC=CC(=O)NCCS(=O)(=O)O. The predicted octanol–water partition coefficient (Wildman–Crippen LogP) is 7.76. The normalized spacial score (nSPS) is 11.9. The fraction of sp³-hybridized carbons (Fsp3) is 0.889. The van der Waals surface area contributed by atoms with Crippen LogP contribution in [0.2, 0.25) is 0 Å². The van der Waals surface area contributed by atoms with E-state index < -0.39 is 15.9 Å². The maximum Gasteiger partial charge on any atom is 0.266 e. The van der Waals surface area contributed by atoms with Crippen LogP contribution in [0, 0.1) is 0 Å². The Morgan fingerprint density at radius 1 is 0.667 bits per heavy atom. The lowest BCUT2D eigenvalue weighted by molar-refractivity contribution is -0.116. The largest absolute Gasteiger partial charge is 0.351 e. The number of carbonyl (C=O) groups excluding carboxylic acids is 1. The van der Waals surface area contributed by atoms with Crippen LogP contribution in [0.1, 0.15) is 142 Å². The first-order valence-electron chi connectivity index (χ1n) is 13.8. The first-order valence-corrected chi connectivity index (χ1v) is 15.5. The van der Waals surface area contributed by atoms with Gasteiger partial charge in [0.25, 0.3) is 10.1 Å². The zero-order chi connectivity index (χ0) is 24.5. The molecule has 0 aromatic carbocycles. The van der Waals surface area contributed by atoms with Crippen molar-refractivity contribution in [3.63, 3.8) is 0 Å². The molecule has 2 N–H and O–H groups in total. The van der Waals surface area contributed by atoms with Gasteiger partial charge in [0.05, 0.1) is 5.75 Å². The molecule has 0 aromatic rings. The standard InChI is InChI=1S/C27H53NO4S/c1-2-3-4-5-6-7-8-9-10-11-12-13-14-15-16-17-18-19-20-21-22-23-24-27(29)28-25-26-33(30,31)32/h23-24H,2-22,25-26H2,1H3,(H,28,29)(H,30,31,32). The molecular weight excluding hydrogens is 434 g/mol. The van der Waals surface area contributed by atoms with Crippen LogP contribution in [0.5, 0.6) is 0 Å². The lowest BCUT2D eigenvalue weighted by Gasteiger charge is -2.04. The van der Waals surface area contributed by atoms with Gasteiger partial charge >= 0.3 is 0 Å². The van der Waals surface area contributed by atoms with Crippen molar-refractivity contribution in [1.29, 1.82) is 0 Å². The van der Waals surface area contributed by atoms with E-state index in [1.54, 1.807) is 0 Å². The van der Waals surface area contributed by atoms with Gasteiger partial charge in [0.2, 0.25) is 5.91 Å². The van der Waals surface area contributed by atoms with Gasteiger partial charge in [0.1, 0.15) is 0 Å². The van der Waals surface area contributed by atoms with Gasteiger partial charge in [-0.25, -0.2) is 0 Å². The molecule has 0 aliphatic carbocycles. The summed E-state index contributed by atoms with van der Waals surface area (Å²) in [5, 5.41) is 2.44. The average molecular weight is 488 g/mol. The molecule has 0 aliphatic heterocycles. The summed E-state index contributed by atoms with van der Waals surface area (Å²) < 4.78 is 29.7. The number of amides is 1. The molecule has 0 aromatic heterocycles. The number of unbranched alkanes of at least 4 members (excludes halogenated alkanes) is 20.